The number of aromatic nitrogens is 2. The van der Waals surface area contributed by atoms with Crippen LogP contribution in [0.5, 0.6) is 5.75 Å². The number of alkyl halides is 3. The van der Waals surface area contributed by atoms with Crippen LogP contribution < -0.4 is 20.7 Å². The summed E-state index contributed by atoms with van der Waals surface area (Å²) in [6.45, 7) is 0. The number of aromatic amines is 1. The highest BCUT2D eigenvalue weighted by Gasteiger charge is 2.36. The molecule has 6 nitrogen and oxygen atoms in total. The molecule has 3 N–H and O–H groups in total. The van der Waals surface area contributed by atoms with Crippen molar-refractivity contribution in [3.05, 3.63) is 54.1 Å². The van der Waals surface area contributed by atoms with Gasteiger partial charge >= 0.3 is 6.18 Å². The fourth-order valence-corrected chi connectivity index (χ4v) is 2.77. The third kappa shape index (κ3) is 2.67. The number of benzene rings is 2. The predicted octanol–water partition coefficient (Wildman–Crippen LogP) is 4.28. The molecule has 1 aliphatic rings. The average Bonchev–Trinajstić information content (AvgIpc) is 3.22. The molecule has 0 saturated heterocycles. The first-order valence-corrected chi connectivity index (χ1v) is 7.70. The Hall–Kier alpha value is -3.36. The number of methoxy groups -OCH3 is 1. The fourth-order valence-electron chi connectivity index (χ4n) is 2.77. The van der Waals surface area contributed by atoms with Crippen LogP contribution in [0, 0.1) is 0 Å². The first-order valence-electron chi connectivity index (χ1n) is 7.70. The van der Waals surface area contributed by atoms with Gasteiger partial charge in [0.05, 0.1) is 24.1 Å². The van der Waals surface area contributed by atoms with Crippen molar-refractivity contribution in [2.24, 2.45) is 0 Å². The van der Waals surface area contributed by atoms with E-state index in [2.05, 4.69) is 21.0 Å². The van der Waals surface area contributed by atoms with E-state index in [0.29, 0.717) is 22.9 Å². The van der Waals surface area contributed by atoms with Gasteiger partial charge in [0.15, 0.2) is 5.82 Å². The molecule has 1 aliphatic heterocycles. The van der Waals surface area contributed by atoms with E-state index in [-0.39, 0.29) is 5.69 Å². The van der Waals surface area contributed by atoms with Crippen molar-refractivity contribution < 1.29 is 17.9 Å². The molecule has 0 fully saturated rings. The van der Waals surface area contributed by atoms with E-state index in [4.69, 9.17) is 4.74 Å². The Morgan fingerprint density at radius 2 is 1.73 bits per heavy atom. The molecule has 0 atom stereocenters. The highest BCUT2D eigenvalue weighted by Crippen LogP contribution is 2.41. The molecule has 0 bridgehead atoms. The quantitative estimate of drug-likeness (QED) is 0.650. The monoisotopic (exact) mass is 361 g/mol. The Labute approximate surface area is 146 Å². The molecular weight excluding hydrogens is 347 g/mol. The topological polar surface area (TPSA) is 65.2 Å². The summed E-state index contributed by atoms with van der Waals surface area (Å²) in [5, 5.41) is 8.22. The number of para-hydroxylation sites is 1. The highest BCUT2D eigenvalue weighted by atomic mass is 19.4. The van der Waals surface area contributed by atoms with Crippen molar-refractivity contribution in [2.45, 2.75) is 6.18 Å². The molecule has 4 rings (SSSR count). The summed E-state index contributed by atoms with van der Waals surface area (Å²) < 4.78 is 44.9. The molecule has 0 amide bonds. The van der Waals surface area contributed by atoms with E-state index in [0.717, 1.165) is 11.6 Å². The van der Waals surface area contributed by atoms with Gasteiger partial charge in [-0.15, -0.1) is 0 Å². The van der Waals surface area contributed by atoms with Gasteiger partial charge in [0, 0.05) is 5.56 Å². The smallest absolute Gasteiger partial charge is 0.418 e. The lowest BCUT2D eigenvalue weighted by molar-refractivity contribution is -0.137. The van der Waals surface area contributed by atoms with Crippen LogP contribution in [0.4, 0.5) is 30.4 Å². The summed E-state index contributed by atoms with van der Waals surface area (Å²) in [5.74, 6) is 1.12. The van der Waals surface area contributed by atoms with Gasteiger partial charge < -0.3 is 4.74 Å². The van der Waals surface area contributed by atoms with Crippen molar-refractivity contribution in [3.63, 3.8) is 0 Å². The SMILES string of the molecule is COc1ccc(-c2[nH]nc3c2NN(c2ccccc2C(F)(F)F)N3)cc1. The molecule has 0 spiro atoms. The van der Waals surface area contributed by atoms with Crippen molar-refractivity contribution in [1.82, 2.24) is 10.2 Å². The predicted molar refractivity (Wildman–Crippen MR) is 91.7 cm³/mol. The molecule has 26 heavy (non-hydrogen) atoms. The van der Waals surface area contributed by atoms with Crippen LogP contribution in [0.3, 0.4) is 0 Å². The first kappa shape index (κ1) is 16.1. The van der Waals surface area contributed by atoms with Crippen LogP contribution in [-0.2, 0) is 6.18 Å². The van der Waals surface area contributed by atoms with E-state index >= 15 is 0 Å². The van der Waals surface area contributed by atoms with Gasteiger partial charge in [0.2, 0.25) is 0 Å². The zero-order chi connectivity index (χ0) is 18.3. The number of ether oxygens (including phenoxy) is 1. The van der Waals surface area contributed by atoms with Crippen LogP contribution in [0.15, 0.2) is 48.5 Å². The minimum Gasteiger partial charge on any atom is -0.497 e. The lowest BCUT2D eigenvalue weighted by atomic mass is 10.1. The standard InChI is InChI=1S/C17H14F3N5O/c1-26-11-8-6-10(7-9-11)14-15-16(22-21-14)24-25(23-15)13-5-3-2-4-12(13)17(18,19)20/h2-9,23H,1H3,(H2,21,22,24). The number of hydrazine groups is 2. The lowest BCUT2D eigenvalue weighted by Crippen LogP contribution is -2.32. The zero-order valence-electron chi connectivity index (χ0n) is 13.6. The van der Waals surface area contributed by atoms with Crippen LogP contribution in [0.25, 0.3) is 11.3 Å². The first-order chi connectivity index (χ1) is 12.5. The molecule has 3 aromatic rings. The molecule has 1 aromatic heterocycles. The van der Waals surface area contributed by atoms with Crippen LogP contribution >= 0.6 is 0 Å². The number of nitrogens with one attached hydrogen (secondary N) is 3. The van der Waals surface area contributed by atoms with Gasteiger partial charge in [-0.05, 0) is 36.4 Å². The van der Waals surface area contributed by atoms with Gasteiger partial charge in [0.1, 0.15) is 11.4 Å². The maximum atomic E-state index is 13.3. The third-order valence-electron chi connectivity index (χ3n) is 4.04. The second kappa shape index (κ2) is 5.87. The number of H-pyrrole nitrogens is 1. The van der Waals surface area contributed by atoms with Gasteiger partial charge in [0.25, 0.3) is 0 Å². The number of nitrogens with zero attached hydrogens (tertiary/aromatic N) is 2. The lowest BCUT2D eigenvalue weighted by Gasteiger charge is -2.23. The summed E-state index contributed by atoms with van der Waals surface area (Å²) in [6.07, 6.45) is -4.47. The molecule has 0 saturated carbocycles. The summed E-state index contributed by atoms with van der Waals surface area (Å²) >= 11 is 0. The van der Waals surface area contributed by atoms with Crippen LogP contribution in [-0.4, -0.2) is 17.3 Å². The number of anilines is 3. The third-order valence-corrected chi connectivity index (χ3v) is 4.04. The van der Waals surface area contributed by atoms with E-state index in [1.807, 2.05) is 12.1 Å². The molecule has 2 aromatic carbocycles. The van der Waals surface area contributed by atoms with E-state index in [1.165, 1.54) is 17.3 Å². The largest absolute Gasteiger partial charge is 0.497 e. The number of rotatable bonds is 3. The summed E-state index contributed by atoms with van der Waals surface area (Å²) in [4.78, 5) is 0. The minimum absolute atomic E-state index is 0.0429. The second-order valence-electron chi connectivity index (χ2n) is 5.62. The van der Waals surface area contributed by atoms with Crippen molar-refractivity contribution in [3.8, 4) is 17.0 Å². The van der Waals surface area contributed by atoms with Gasteiger partial charge in [-0.2, -0.15) is 23.4 Å². The van der Waals surface area contributed by atoms with Crippen molar-refractivity contribution in [1.29, 1.82) is 0 Å². The molecule has 0 unspecified atom stereocenters. The summed E-state index contributed by atoms with van der Waals surface area (Å²) in [6, 6.07) is 12.6. The number of hydrogen-bond donors (Lipinski definition) is 3. The van der Waals surface area contributed by atoms with E-state index < -0.39 is 11.7 Å². The minimum atomic E-state index is -4.47. The van der Waals surface area contributed by atoms with Crippen molar-refractivity contribution in [2.75, 3.05) is 23.1 Å². The Morgan fingerprint density at radius 1 is 1.00 bits per heavy atom. The molecule has 134 valence electrons. The van der Waals surface area contributed by atoms with Crippen LogP contribution in [0.1, 0.15) is 5.56 Å². The Kier molecular flexibility index (Phi) is 3.64. The second-order valence-corrected chi connectivity index (χ2v) is 5.62. The number of hydrogen-bond acceptors (Lipinski definition) is 5. The Morgan fingerprint density at radius 3 is 2.42 bits per heavy atom. The maximum absolute atomic E-state index is 13.3. The maximum Gasteiger partial charge on any atom is 0.418 e. The molecule has 2 heterocycles. The van der Waals surface area contributed by atoms with E-state index in [1.54, 1.807) is 25.3 Å². The van der Waals surface area contributed by atoms with Gasteiger partial charge in [-0.1, -0.05) is 12.1 Å². The zero-order valence-corrected chi connectivity index (χ0v) is 13.6. The number of halogens is 3. The normalized spacial score (nSPS) is 13.2. The Bertz CT molecular complexity index is 936. The van der Waals surface area contributed by atoms with Gasteiger partial charge in [-0.3, -0.25) is 16.0 Å². The molecule has 0 radical (unpaired) electrons. The summed E-state index contributed by atoms with van der Waals surface area (Å²) in [5.41, 5.74) is 7.01. The fraction of sp³-hybridized carbons (Fsp3) is 0.118. The highest BCUT2D eigenvalue weighted by molar-refractivity contribution is 5.88. The van der Waals surface area contributed by atoms with Crippen molar-refractivity contribution >= 4 is 17.2 Å². The van der Waals surface area contributed by atoms with Gasteiger partial charge in [-0.25, -0.2) is 0 Å². The molecule has 9 heteroatoms. The summed E-state index contributed by atoms with van der Waals surface area (Å²) in [7, 11) is 1.57. The average molecular weight is 361 g/mol. The number of fused-ring (bicyclic) bond motifs is 1. The molecule has 0 aliphatic carbocycles. The van der Waals surface area contributed by atoms with Crippen LogP contribution in [0.2, 0.25) is 0 Å². The molecular formula is C17H14F3N5O. The van der Waals surface area contributed by atoms with E-state index in [9.17, 15) is 13.2 Å². The Balaban J connectivity index is 1.66.